The number of hydrogen-bond donors (Lipinski definition) is 0. The van der Waals surface area contributed by atoms with Crippen molar-refractivity contribution in [3.8, 4) is 0 Å². The number of amides is 1. The van der Waals surface area contributed by atoms with Gasteiger partial charge in [0.15, 0.2) is 0 Å². The monoisotopic (exact) mass is 309 g/mol. The fourth-order valence-corrected chi connectivity index (χ4v) is 3.48. The van der Waals surface area contributed by atoms with Gasteiger partial charge in [-0.3, -0.25) is 4.79 Å². The molecule has 0 atom stereocenters. The maximum absolute atomic E-state index is 12.3. The topological polar surface area (TPSA) is 54.5 Å². The van der Waals surface area contributed by atoms with Crippen LogP contribution >= 0.6 is 11.3 Å². The first-order chi connectivity index (χ1) is 9.41. The second-order valence-corrected chi connectivity index (χ2v) is 7.24. The van der Waals surface area contributed by atoms with E-state index in [1.807, 2.05) is 23.8 Å². The van der Waals surface area contributed by atoms with E-state index in [1.54, 1.807) is 12.1 Å². The summed E-state index contributed by atoms with van der Waals surface area (Å²) in [5.41, 5.74) is 1.79. The van der Waals surface area contributed by atoms with E-state index < -0.39 is 15.9 Å². The third-order valence-electron chi connectivity index (χ3n) is 2.97. The number of rotatable bonds is 4. The van der Waals surface area contributed by atoms with Crippen LogP contribution in [-0.2, 0) is 21.2 Å². The molecule has 1 aromatic carbocycles. The molecule has 0 fully saturated rings. The van der Waals surface area contributed by atoms with Gasteiger partial charge in [-0.2, -0.15) is 11.3 Å². The number of likely N-dealkylation sites (N-methyl/N-ethyl adjacent to an activating group) is 1. The van der Waals surface area contributed by atoms with Crippen LogP contribution in [0.2, 0.25) is 0 Å². The van der Waals surface area contributed by atoms with Crippen LogP contribution in [0.15, 0.2) is 46.0 Å². The first kappa shape index (κ1) is 14.7. The predicted octanol–water partition coefficient (Wildman–Crippen LogP) is 2.45. The standard InChI is InChI=1S/C14H15NO3S2/c1-11-3-5-13(6-4-11)20(17,18)15(2)14(16)9-12-7-8-19-10-12/h3-8,10H,9H2,1-2H3. The Kier molecular flexibility index (Phi) is 4.25. The zero-order valence-corrected chi connectivity index (χ0v) is 12.9. The van der Waals surface area contributed by atoms with E-state index in [2.05, 4.69) is 0 Å². The number of thiophene rings is 1. The lowest BCUT2D eigenvalue weighted by molar-refractivity contribution is -0.124. The lowest BCUT2D eigenvalue weighted by Crippen LogP contribution is -2.34. The van der Waals surface area contributed by atoms with Gasteiger partial charge < -0.3 is 0 Å². The Morgan fingerprint density at radius 1 is 1.20 bits per heavy atom. The Morgan fingerprint density at radius 3 is 2.40 bits per heavy atom. The van der Waals surface area contributed by atoms with Gasteiger partial charge in [0.2, 0.25) is 5.91 Å². The normalized spacial score (nSPS) is 11.3. The highest BCUT2D eigenvalue weighted by atomic mass is 32.2. The van der Waals surface area contributed by atoms with Crippen LogP contribution in [0, 0.1) is 6.92 Å². The molecule has 0 saturated carbocycles. The molecule has 106 valence electrons. The molecule has 1 heterocycles. The van der Waals surface area contributed by atoms with E-state index in [4.69, 9.17) is 0 Å². The summed E-state index contributed by atoms with van der Waals surface area (Å²) in [6.07, 6.45) is 0.0884. The minimum atomic E-state index is -3.77. The molecule has 0 aliphatic carbocycles. The molecule has 0 bridgehead atoms. The van der Waals surface area contributed by atoms with Crippen molar-refractivity contribution in [3.63, 3.8) is 0 Å². The van der Waals surface area contributed by atoms with Crippen molar-refractivity contribution in [3.05, 3.63) is 52.2 Å². The maximum atomic E-state index is 12.3. The molecule has 2 aromatic rings. The third-order valence-corrected chi connectivity index (χ3v) is 5.49. The molecular formula is C14H15NO3S2. The number of aryl methyl sites for hydroxylation is 1. The first-order valence-electron chi connectivity index (χ1n) is 6.01. The molecule has 0 aliphatic heterocycles. The molecule has 1 amide bonds. The Balaban J connectivity index is 2.20. The van der Waals surface area contributed by atoms with E-state index in [1.165, 1.54) is 30.5 Å². The van der Waals surface area contributed by atoms with Crippen molar-refractivity contribution >= 4 is 27.3 Å². The summed E-state index contributed by atoms with van der Waals surface area (Å²) in [5, 5.41) is 3.70. The fraction of sp³-hybridized carbons (Fsp3) is 0.214. The fourth-order valence-electron chi connectivity index (χ4n) is 1.68. The van der Waals surface area contributed by atoms with Crippen LogP contribution in [-0.4, -0.2) is 25.7 Å². The van der Waals surface area contributed by atoms with Crippen molar-refractivity contribution in [1.82, 2.24) is 4.31 Å². The van der Waals surface area contributed by atoms with Crippen molar-refractivity contribution in [2.45, 2.75) is 18.2 Å². The van der Waals surface area contributed by atoms with Crippen LogP contribution in [0.1, 0.15) is 11.1 Å². The lowest BCUT2D eigenvalue weighted by Gasteiger charge is -2.17. The largest absolute Gasteiger partial charge is 0.273 e. The lowest BCUT2D eigenvalue weighted by atomic mass is 10.2. The Bertz CT molecular complexity index is 689. The van der Waals surface area contributed by atoms with E-state index in [0.29, 0.717) is 0 Å². The minimum Gasteiger partial charge on any atom is -0.273 e. The molecule has 20 heavy (non-hydrogen) atoms. The minimum absolute atomic E-state index is 0.0884. The van der Waals surface area contributed by atoms with Crippen LogP contribution in [0.25, 0.3) is 0 Å². The van der Waals surface area contributed by atoms with Gasteiger partial charge in [0.25, 0.3) is 10.0 Å². The van der Waals surface area contributed by atoms with Gasteiger partial charge in [0, 0.05) is 7.05 Å². The second-order valence-electron chi connectivity index (χ2n) is 4.49. The zero-order chi connectivity index (χ0) is 14.8. The Morgan fingerprint density at radius 2 is 1.85 bits per heavy atom. The first-order valence-corrected chi connectivity index (χ1v) is 8.39. The van der Waals surface area contributed by atoms with Gasteiger partial charge in [-0.1, -0.05) is 17.7 Å². The van der Waals surface area contributed by atoms with E-state index in [9.17, 15) is 13.2 Å². The van der Waals surface area contributed by atoms with Crippen LogP contribution in [0.5, 0.6) is 0 Å². The molecule has 0 radical (unpaired) electrons. The number of carbonyl (C=O) groups excluding carboxylic acids is 1. The number of hydrogen-bond acceptors (Lipinski definition) is 4. The quantitative estimate of drug-likeness (QED) is 0.871. The highest BCUT2D eigenvalue weighted by Gasteiger charge is 2.25. The molecule has 6 heteroatoms. The maximum Gasteiger partial charge on any atom is 0.266 e. The molecule has 0 N–H and O–H groups in total. The molecule has 0 spiro atoms. The Labute approximate surface area is 122 Å². The van der Waals surface area contributed by atoms with Crippen LogP contribution in [0.3, 0.4) is 0 Å². The van der Waals surface area contributed by atoms with Crippen LogP contribution < -0.4 is 0 Å². The summed E-state index contributed by atoms with van der Waals surface area (Å²) < 4.78 is 25.5. The highest BCUT2D eigenvalue weighted by Crippen LogP contribution is 2.17. The summed E-state index contributed by atoms with van der Waals surface area (Å²) in [5.74, 6) is -0.441. The summed E-state index contributed by atoms with van der Waals surface area (Å²) >= 11 is 1.48. The van der Waals surface area contributed by atoms with Gasteiger partial charge in [-0.15, -0.1) is 0 Å². The van der Waals surface area contributed by atoms with Gasteiger partial charge >= 0.3 is 0 Å². The number of benzene rings is 1. The molecule has 0 saturated heterocycles. The van der Waals surface area contributed by atoms with Crippen LogP contribution in [0.4, 0.5) is 0 Å². The molecule has 4 nitrogen and oxygen atoms in total. The second kappa shape index (κ2) is 5.76. The summed E-state index contributed by atoms with van der Waals surface area (Å²) in [6, 6.07) is 8.27. The smallest absolute Gasteiger partial charge is 0.266 e. The summed E-state index contributed by atoms with van der Waals surface area (Å²) in [6.45, 7) is 1.88. The summed E-state index contributed by atoms with van der Waals surface area (Å²) in [4.78, 5) is 12.2. The number of nitrogens with zero attached hydrogens (tertiary/aromatic N) is 1. The average molecular weight is 309 g/mol. The molecule has 2 rings (SSSR count). The van der Waals surface area contributed by atoms with Crippen molar-refractivity contribution in [2.24, 2.45) is 0 Å². The number of carbonyl (C=O) groups is 1. The van der Waals surface area contributed by atoms with E-state index in [-0.39, 0.29) is 11.3 Å². The van der Waals surface area contributed by atoms with Crippen molar-refractivity contribution < 1.29 is 13.2 Å². The van der Waals surface area contributed by atoms with Gasteiger partial charge in [-0.25, -0.2) is 12.7 Å². The molecule has 0 unspecified atom stereocenters. The van der Waals surface area contributed by atoms with Gasteiger partial charge in [-0.05, 0) is 41.4 Å². The summed E-state index contributed by atoms with van der Waals surface area (Å²) in [7, 11) is -2.48. The van der Waals surface area contributed by atoms with Crippen molar-refractivity contribution in [1.29, 1.82) is 0 Å². The third kappa shape index (κ3) is 3.08. The van der Waals surface area contributed by atoms with E-state index in [0.717, 1.165) is 15.4 Å². The van der Waals surface area contributed by atoms with Gasteiger partial charge in [0.1, 0.15) is 0 Å². The van der Waals surface area contributed by atoms with E-state index >= 15 is 0 Å². The zero-order valence-electron chi connectivity index (χ0n) is 11.2. The molecule has 0 aliphatic rings. The number of sulfonamides is 1. The average Bonchev–Trinajstić information content (AvgIpc) is 2.91. The predicted molar refractivity (Wildman–Crippen MR) is 79.2 cm³/mol. The highest BCUT2D eigenvalue weighted by molar-refractivity contribution is 7.89. The van der Waals surface area contributed by atoms with Crippen molar-refractivity contribution in [2.75, 3.05) is 7.05 Å². The molecular weight excluding hydrogens is 294 g/mol. The molecule has 1 aromatic heterocycles. The Hall–Kier alpha value is -1.66. The van der Waals surface area contributed by atoms with Gasteiger partial charge in [0.05, 0.1) is 11.3 Å². The SMILES string of the molecule is Cc1ccc(S(=O)(=O)N(C)C(=O)Cc2ccsc2)cc1.